The van der Waals surface area contributed by atoms with E-state index in [1.807, 2.05) is 19.1 Å². The Morgan fingerprint density at radius 1 is 1.56 bits per heavy atom. The van der Waals surface area contributed by atoms with Gasteiger partial charge >= 0.3 is 6.09 Å². The zero-order valence-electron chi connectivity index (χ0n) is 10.1. The van der Waals surface area contributed by atoms with Gasteiger partial charge in [-0.25, -0.2) is 4.79 Å². The van der Waals surface area contributed by atoms with Crippen molar-refractivity contribution in [1.82, 2.24) is 0 Å². The third kappa shape index (κ3) is 2.38. The van der Waals surface area contributed by atoms with E-state index < -0.39 is 6.09 Å². The molecule has 1 fully saturated rings. The Hall–Kier alpha value is -2.22. The Labute approximate surface area is 106 Å². The fourth-order valence-electron chi connectivity index (χ4n) is 1.83. The van der Waals surface area contributed by atoms with Crippen LogP contribution in [0.5, 0.6) is 5.75 Å². The van der Waals surface area contributed by atoms with Crippen molar-refractivity contribution in [2.75, 3.05) is 24.7 Å². The van der Waals surface area contributed by atoms with E-state index in [1.54, 1.807) is 12.1 Å². The number of nitrogens with zero attached hydrogens (tertiary/aromatic N) is 2. The summed E-state index contributed by atoms with van der Waals surface area (Å²) in [6.07, 6.45) is -0.436. The molecular formula is C13H14N2O3. The van der Waals surface area contributed by atoms with E-state index in [-0.39, 0.29) is 12.5 Å². The van der Waals surface area contributed by atoms with Crippen LogP contribution in [0, 0.1) is 17.2 Å². The molecule has 2 rings (SSSR count). The fraction of sp³-hybridized carbons (Fsp3) is 0.385. The Morgan fingerprint density at radius 3 is 3.06 bits per heavy atom. The van der Waals surface area contributed by atoms with E-state index in [4.69, 9.17) is 14.7 Å². The molecule has 0 aliphatic carbocycles. The SMILES string of the molecule is CCOc1ccccc1N1CC(C#N)COC1=O. The molecule has 18 heavy (non-hydrogen) atoms. The highest BCUT2D eigenvalue weighted by Gasteiger charge is 2.29. The first-order valence-electron chi connectivity index (χ1n) is 5.82. The van der Waals surface area contributed by atoms with E-state index in [0.29, 0.717) is 24.6 Å². The molecule has 94 valence electrons. The first-order valence-corrected chi connectivity index (χ1v) is 5.82. The van der Waals surface area contributed by atoms with Gasteiger partial charge in [0.1, 0.15) is 12.4 Å². The van der Waals surface area contributed by atoms with Crippen LogP contribution in [0.4, 0.5) is 10.5 Å². The van der Waals surface area contributed by atoms with Crippen molar-refractivity contribution in [3.63, 3.8) is 0 Å². The van der Waals surface area contributed by atoms with Crippen LogP contribution in [0.25, 0.3) is 0 Å². The third-order valence-electron chi connectivity index (χ3n) is 2.67. The van der Waals surface area contributed by atoms with Gasteiger partial charge in [0.05, 0.1) is 24.3 Å². The summed E-state index contributed by atoms with van der Waals surface area (Å²) in [5.41, 5.74) is 0.643. The topological polar surface area (TPSA) is 62.6 Å². The molecule has 0 radical (unpaired) electrons. The van der Waals surface area contributed by atoms with Gasteiger partial charge in [-0.1, -0.05) is 12.1 Å². The average molecular weight is 246 g/mol. The molecule has 0 bridgehead atoms. The van der Waals surface area contributed by atoms with Crippen molar-refractivity contribution in [3.8, 4) is 11.8 Å². The van der Waals surface area contributed by atoms with Crippen LogP contribution >= 0.6 is 0 Å². The number of amides is 1. The van der Waals surface area contributed by atoms with Crippen LogP contribution in [0.2, 0.25) is 0 Å². The maximum atomic E-state index is 11.8. The first-order chi connectivity index (χ1) is 8.76. The maximum Gasteiger partial charge on any atom is 0.414 e. The molecule has 5 nitrogen and oxygen atoms in total. The molecule has 1 aromatic rings. The van der Waals surface area contributed by atoms with Gasteiger partial charge in [0.15, 0.2) is 0 Å². The van der Waals surface area contributed by atoms with Gasteiger partial charge < -0.3 is 9.47 Å². The zero-order valence-corrected chi connectivity index (χ0v) is 10.1. The summed E-state index contributed by atoms with van der Waals surface area (Å²) >= 11 is 0. The highest BCUT2D eigenvalue weighted by atomic mass is 16.6. The standard InChI is InChI=1S/C13H14N2O3/c1-2-17-12-6-4-3-5-11(12)15-8-10(7-14)9-18-13(15)16/h3-6,10H,2,8-9H2,1H3. The molecule has 0 N–H and O–H groups in total. The number of carbonyl (C=O) groups excluding carboxylic acids is 1. The average Bonchev–Trinajstić information content (AvgIpc) is 2.41. The molecule has 0 spiro atoms. The molecule has 0 saturated carbocycles. The number of anilines is 1. The number of carbonyl (C=O) groups is 1. The normalized spacial score (nSPS) is 19.0. The molecule has 1 unspecified atom stereocenters. The number of nitriles is 1. The van der Waals surface area contributed by atoms with Crippen LogP contribution < -0.4 is 9.64 Å². The molecule has 1 aliphatic heterocycles. The second kappa shape index (κ2) is 5.41. The smallest absolute Gasteiger partial charge is 0.414 e. The minimum absolute atomic E-state index is 0.155. The van der Waals surface area contributed by atoms with Gasteiger partial charge in [0, 0.05) is 6.54 Å². The van der Waals surface area contributed by atoms with Crippen molar-refractivity contribution in [2.24, 2.45) is 5.92 Å². The van der Waals surface area contributed by atoms with Crippen LogP contribution in [-0.2, 0) is 4.74 Å². The number of ether oxygens (including phenoxy) is 2. The molecule has 1 amide bonds. The minimum atomic E-state index is -0.436. The monoisotopic (exact) mass is 246 g/mol. The van der Waals surface area contributed by atoms with E-state index in [2.05, 4.69) is 6.07 Å². The summed E-state index contributed by atoms with van der Waals surface area (Å²) in [5, 5.41) is 8.92. The van der Waals surface area contributed by atoms with Crippen molar-refractivity contribution in [2.45, 2.75) is 6.92 Å². The van der Waals surface area contributed by atoms with Gasteiger partial charge in [-0.2, -0.15) is 5.26 Å². The zero-order chi connectivity index (χ0) is 13.0. The first kappa shape index (κ1) is 12.2. The number of hydrogen-bond donors (Lipinski definition) is 0. The van der Waals surface area contributed by atoms with Crippen LogP contribution in [-0.4, -0.2) is 25.9 Å². The lowest BCUT2D eigenvalue weighted by Crippen LogP contribution is -2.42. The third-order valence-corrected chi connectivity index (χ3v) is 2.67. The summed E-state index contributed by atoms with van der Waals surface area (Å²) in [4.78, 5) is 13.2. The lowest BCUT2D eigenvalue weighted by molar-refractivity contribution is 0.127. The van der Waals surface area contributed by atoms with Gasteiger partial charge in [-0.15, -0.1) is 0 Å². The molecule has 0 aromatic heterocycles. The lowest BCUT2D eigenvalue weighted by atomic mass is 10.1. The Balaban J connectivity index is 2.29. The summed E-state index contributed by atoms with van der Waals surface area (Å²) < 4.78 is 10.5. The molecular weight excluding hydrogens is 232 g/mol. The van der Waals surface area contributed by atoms with Crippen molar-refractivity contribution < 1.29 is 14.3 Å². The predicted molar refractivity (Wildman–Crippen MR) is 65.4 cm³/mol. The van der Waals surface area contributed by atoms with Crippen molar-refractivity contribution >= 4 is 11.8 Å². The summed E-state index contributed by atoms with van der Waals surface area (Å²) in [7, 11) is 0. The maximum absolute atomic E-state index is 11.8. The van der Waals surface area contributed by atoms with Crippen LogP contribution in [0.1, 0.15) is 6.92 Å². The lowest BCUT2D eigenvalue weighted by Gasteiger charge is -2.30. The number of cyclic esters (lactones) is 1. The molecule has 1 atom stereocenters. The fourth-order valence-corrected chi connectivity index (χ4v) is 1.83. The summed E-state index contributed by atoms with van der Waals surface area (Å²) in [5.74, 6) is 0.313. The highest BCUT2D eigenvalue weighted by Crippen LogP contribution is 2.30. The Kier molecular flexibility index (Phi) is 3.68. The second-order valence-electron chi connectivity index (χ2n) is 3.91. The van der Waals surface area contributed by atoms with Crippen molar-refractivity contribution in [3.05, 3.63) is 24.3 Å². The van der Waals surface area contributed by atoms with Gasteiger partial charge in [0.25, 0.3) is 0 Å². The molecule has 1 saturated heterocycles. The van der Waals surface area contributed by atoms with Gasteiger partial charge in [0.2, 0.25) is 0 Å². The Bertz CT molecular complexity index is 481. The summed E-state index contributed by atoms with van der Waals surface area (Å²) in [6.45, 7) is 2.88. The number of hydrogen-bond acceptors (Lipinski definition) is 4. The quantitative estimate of drug-likeness (QED) is 0.820. The number of para-hydroxylation sites is 2. The van der Waals surface area contributed by atoms with Crippen molar-refractivity contribution in [1.29, 1.82) is 5.26 Å². The van der Waals surface area contributed by atoms with Gasteiger partial charge in [-0.3, -0.25) is 4.90 Å². The van der Waals surface area contributed by atoms with Gasteiger partial charge in [-0.05, 0) is 19.1 Å². The predicted octanol–water partition coefficient (Wildman–Crippen LogP) is 2.18. The summed E-state index contributed by atoms with van der Waals surface area (Å²) in [6, 6.07) is 9.35. The van der Waals surface area contributed by atoms with Crippen LogP contribution in [0.3, 0.4) is 0 Å². The molecule has 1 heterocycles. The van der Waals surface area contributed by atoms with E-state index in [9.17, 15) is 4.79 Å². The molecule has 1 aromatic carbocycles. The molecule has 5 heteroatoms. The van der Waals surface area contributed by atoms with E-state index in [1.165, 1.54) is 4.90 Å². The highest BCUT2D eigenvalue weighted by molar-refractivity contribution is 5.90. The number of benzene rings is 1. The van der Waals surface area contributed by atoms with E-state index >= 15 is 0 Å². The Morgan fingerprint density at radius 2 is 2.33 bits per heavy atom. The second-order valence-corrected chi connectivity index (χ2v) is 3.91. The largest absolute Gasteiger partial charge is 0.492 e. The minimum Gasteiger partial charge on any atom is -0.492 e. The van der Waals surface area contributed by atoms with E-state index in [0.717, 1.165) is 0 Å². The molecule has 1 aliphatic rings. The van der Waals surface area contributed by atoms with Crippen LogP contribution in [0.15, 0.2) is 24.3 Å². The number of rotatable bonds is 3.